The first-order valence-corrected chi connectivity index (χ1v) is 4.75. The number of aliphatic carboxylic acids is 1. The van der Waals surface area contributed by atoms with Crippen LogP contribution in [0.1, 0.15) is 19.5 Å². The van der Waals surface area contributed by atoms with Gasteiger partial charge in [0.2, 0.25) is 0 Å². The maximum absolute atomic E-state index is 10.3. The number of carboxylic acids is 1. The number of imidazole rings is 1. The Bertz CT molecular complexity index is 331. The Kier molecular flexibility index (Phi) is 5.82. The van der Waals surface area contributed by atoms with Gasteiger partial charge in [-0.3, -0.25) is 4.79 Å². The monoisotopic (exact) mass is 217 g/mol. The summed E-state index contributed by atoms with van der Waals surface area (Å²) in [5.41, 5.74) is 5.99. The number of rotatable bonds is 3. The van der Waals surface area contributed by atoms with Crippen molar-refractivity contribution in [3.05, 3.63) is 16.7 Å². The van der Waals surface area contributed by atoms with Crippen molar-refractivity contribution in [1.29, 1.82) is 0 Å². The zero-order valence-electron chi connectivity index (χ0n) is 8.20. The van der Waals surface area contributed by atoms with Crippen LogP contribution >= 0.6 is 12.2 Å². The molecular formula is C8H15N3O2S. The first-order valence-electron chi connectivity index (χ1n) is 4.34. The van der Waals surface area contributed by atoms with Crippen LogP contribution < -0.4 is 5.73 Å². The smallest absolute Gasteiger partial charge is 0.320 e. The van der Waals surface area contributed by atoms with Crippen molar-refractivity contribution >= 4 is 18.2 Å². The largest absolute Gasteiger partial charge is 0.480 e. The second-order valence-corrected chi connectivity index (χ2v) is 2.83. The minimum atomic E-state index is -1.02. The fourth-order valence-corrected chi connectivity index (χ4v) is 0.995. The van der Waals surface area contributed by atoms with Crippen LogP contribution in [0.4, 0.5) is 0 Å². The van der Waals surface area contributed by atoms with Crippen LogP contribution in [0.25, 0.3) is 0 Å². The summed E-state index contributed by atoms with van der Waals surface area (Å²) in [7, 11) is 0. The van der Waals surface area contributed by atoms with E-state index in [4.69, 9.17) is 23.1 Å². The van der Waals surface area contributed by atoms with E-state index in [9.17, 15) is 4.79 Å². The van der Waals surface area contributed by atoms with Gasteiger partial charge in [-0.05, 0) is 12.2 Å². The molecule has 1 rings (SSSR count). The van der Waals surface area contributed by atoms with Crippen LogP contribution in [0.15, 0.2) is 6.20 Å². The second kappa shape index (κ2) is 6.33. The third kappa shape index (κ3) is 4.20. The SMILES string of the molecule is CC.N[C@@H](Cc1c[nH]c(=S)[nH]1)C(=O)O. The fourth-order valence-electron chi connectivity index (χ4n) is 0.805. The van der Waals surface area contributed by atoms with Gasteiger partial charge in [-0.15, -0.1) is 0 Å². The molecule has 0 aliphatic rings. The van der Waals surface area contributed by atoms with Gasteiger partial charge in [-0.25, -0.2) is 0 Å². The third-order valence-corrected chi connectivity index (χ3v) is 1.63. The minimum Gasteiger partial charge on any atom is -0.480 e. The lowest BCUT2D eigenvalue weighted by atomic mass is 10.2. The van der Waals surface area contributed by atoms with Gasteiger partial charge in [0, 0.05) is 18.3 Å². The molecule has 0 saturated carbocycles. The number of aromatic nitrogens is 2. The summed E-state index contributed by atoms with van der Waals surface area (Å²) in [6.45, 7) is 4.00. The van der Waals surface area contributed by atoms with Crippen molar-refractivity contribution in [1.82, 2.24) is 9.97 Å². The molecule has 0 aliphatic carbocycles. The number of carbonyl (C=O) groups is 1. The Morgan fingerprint density at radius 3 is 2.64 bits per heavy atom. The Labute approximate surface area is 87.3 Å². The number of hydrogen-bond acceptors (Lipinski definition) is 3. The van der Waals surface area contributed by atoms with Gasteiger partial charge in [0.1, 0.15) is 6.04 Å². The van der Waals surface area contributed by atoms with Crippen LogP contribution in [0.5, 0.6) is 0 Å². The van der Waals surface area contributed by atoms with Crippen LogP contribution in [0, 0.1) is 4.77 Å². The zero-order chi connectivity index (χ0) is 11.1. The van der Waals surface area contributed by atoms with E-state index in [1.807, 2.05) is 13.8 Å². The molecule has 0 fully saturated rings. The predicted octanol–water partition coefficient (Wildman–Crippen LogP) is 1.05. The van der Waals surface area contributed by atoms with Crippen molar-refractivity contribution in [3.63, 3.8) is 0 Å². The minimum absolute atomic E-state index is 0.252. The summed E-state index contributed by atoms with van der Waals surface area (Å²) in [6, 6.07) is -0.883. The summed E-state index contributed by atoms with van der Waals surface area (Å²) >= 11 is 4.75. The number of nitrogens with one attached hydrogen (secondary N) is 2. The van der Waals surface area contributed by atoms with Gasteiger partial charge in [-0.1, -0.05) is 13.8 Å². The Morgan fingerprint density at radius 2 is 2.29 bits per heavy atom. The summed E-state index contributed by atoms with van der Waals surface area (Å²) in [5, 5.41) is 8.47. The van der Waals surface area contributed by atoms with E-state index in [2.05, 4.69) is 9.97 Å². The quantitative estimate of drug-likeness (QED) is 0.569. The molecule has 0 bridgehead atoms. The zero-order valence-corrected chi connectivity index (χ0v) is 9.02. The van der Waals surface area contributed by atoms with Crippen LogP contribution in [-0.2, 0) is 11.2 Å². The molecule has 0 saturated heterocycles. The molecule has 1 heterocycles. The van der Waals surface area contributed by atoms with Crippen molar-refractivity contribution in [2.45, 2.75) is 26.3 Å². The standard InChI is InChI=1S/C6H9N3O2S.C2H6/c7-4(5(10)11)1-3-2-8-6(12)9-3;1-2/h2,4H,1,7H2,(H,10,11)(H2,8,9,12);1-2H3/t4-;/m0./s1. The number of aromatic amines is 2. The summed E-state index contributed by atoms with van der Waals surface area (Å²) < 4.78 is 0.475. The van der Waals surface area contributed by atoms with Gasteiger partial charge in [0.05, 0.1) is 0 Å². The highest BCUT2D eigenvalue weighted by molar-refractivity contribution is 7.71. The van der Waals surface area contributed by atoms with E-state index in [-0.39, 0.29) is 6.42 Å². The highest BCUT2D eigenvalue weighted by atomic mass is 32.1. The second-order valence-electron chi connectivity index (χ2n) is 2.42. The lowest BCUT2D eigenvalue weighted by Crippen LogP contribution is -2.32. The molecule has 0 spiro atoms. The highest BCUT2D eigenvalue weighted by Gasteiger charge is 2.12. The Morgan fingerprint density at radius 1 is 1.71 bits per heavy atom. The Hall–Kier alpha value is -1.14. The normalized spacial score (nSPS) is 11.4. The third-order valence-electron chi connectivity index (χ3n) is 1.41. The summed E-state index contributed by atoms with van der Waals surface area (Å²) in [6.07, 6.45) is 1.87. The van der Waals surface area contributed by atoms with E-state index in [0.717, 1.165) is 0 Å². The van der Waals surface area contributed by atoms with E-state index in [1.54, 1.807) is 6.20 Å². The van der Waals surface area contributed by atoms with E-state index in [0.29, 0.717) is 10.5 Å². The van der Waals surface area contributed by atoms with Crippen molar-refractivity contribution in [3.8, 4) is 0 Å². The predicted molar refractivity (Wildman–Crippen MR) is 56.6 cm³/mol. The molecule has 14 heavy (non-hydrogen) atoms. The van der Waals surface area contributed by atoms with Crippen LogP contribution in [-0.4, -0.2) is 27.1 Å². The van der Waals surface area contributed by atoms with Gasteiger partial charge in [-0.2, -0.15) is 0 Å². The molecule has 0 aliphatic heterocycles. The molecule has 0 radical (unpaired) electrons. The molecular weight excluding hydrogens is 202 g/mol. The molecule has 1 aromatic heterocycles. The molecule has 0 aromatic carbocycles. The van der Waals surface area contributed by atoms with Gasteiger partial charge < -0.3 is 20.8 Å². The first kappa shape index (κ1) is 12.9. The van der Waals surface area contributed by atoms with E-state index < -0.39 is 12.0 Å². The molecule has 6 heteroatoms. The fraction of sp³-hybridized carbons (Fsp3) is 0.500. The average Bonchev–Trinajstić information content (AvgIpc) is 2.54. The lowest BCUT2D eigenvalue weighted by molar-refractivity contribution is -0.138. The number of nitrogens with two attached hydrogens (primary N) is 1. The number of hydrogen-bond donors (Lipinski definition) is 4. The van der Waals surface area contributed by atoms with Crippen LogP contribution in [0.3, 0.4) is 0 Å². The maximum atomic E-state index is 10.3. The van der Waals surface area contributed by atoms with Crippen molar-refractivity contribution in [2.24, 2.45) is 5.73 Å². The number of carboxylic acid groups (broad SMARTS) is 1. The number of H-pyrrole nitrogens is 2. The van der Waals surface area contributed by atoms with E-state index >= 15 is 0 Å². The highest BCUT2D eigenvalue weighted by Crippen LogP contribution is 1.97. The maximum Gasteiger partial charge on any atom is 0.320 e. The molecule has 0 unspecified atom stereocenters. The van der Waals surface area contributed by atoms with Crippen LogP contribution in [0.2, 0.25) is 0 Å². The molecule has 0 amide bonds. The molecule has 80 valence electrons. The van der Waals surface area contributed by atoms with E-state index in [1.165, 1.54) is 0 Å². The molecule has 1 atom stereocenters. The molecule has 1 aromatic rings. The van der Waals surface area contributed by atoms with Gasteiger partial charge in [0.15, 0.2) is 4.77 Å². The Balaban J connectivity index is 0.000000791. The van der Waals surface area contributed by atoms with Crippen molar-refractivity contribution < 1.29 is 9.90 Å². The van der Waals surface area contributed by atoms with Gasteiger partial charge in [0.25, 0.3) is 0 Å². The topological polar surface area (TPSA) is 94.9 Å². The average molecular weight is 217 g/mol. The van der Waals surface area contributed by atoms with Gasteiger partial charge >= 0.3 is 5.97 Å². The van der Waals surface area contributed by atoms with Crippen molar-refractivity contribution in [2.75, 3.05) is 0 Å². The lowest BCUT2D eigenvalue weighted by Gasteiger charge is -2.02. The molecule has 5 nitrogen and oxygen atoms in total. The summed E-state index contributed by atoms with van der Waals surface area (Å²) in [5.74, 6) is -1.02. The summed E-state index contributed by atoms with van der Waals surface area (Å²) in [4.78, 5) is 15.8. The first-order chi connectivity index (χ1) is 6.59. The molecule has 5 N–H and O–H groups in total.